The number of benzene rings is 1. The Kier molecular flexibility index (Phi) is 11.5. The first-order chi connectivity index (χ1) is 10.2. The average Bonchev–Trinajstić information content (AvgIpc) is 2.48. The van der Waals surface area contributed by atoms with Crippen molar-refractivity contribution < 1.29 is 26.7 Å². The van der Waals surface area contributed by atoms with Crippen molar-refractivity contribution in [1.82, 2.24) is 0 Å². The quantitative estimate of drug-likeness (QED) is 0.468. The third-order valence-corrected chi connectivity index (χ3v) is 4.17. The molecule has 0 N–H and O–H groups in total. The summed E-state index contributed by atoms with van der Waals surface area (Å²) in [5.74, 6) is -0.537. The van der Waals surface area contributed by atoms with Crippen LogP contribution in [0.5, 0.6) is 11.5 Å². The van der Waals surface area contributed by atoms with Gasteiger partial charge in [-0.15, -0.1) is 11.5 Å². The number of hydrogen-bond acceptors (Lipinski definition) is 2. The van der Waals surface area contributed by atoms with Crippen LogP contribution in [0.15, 0.2) is 6.07 Å². The first-order valence-corrected chi connectivity index (χ1v) is 8.67. The Balaban J connectivity index is 0.00000441. The van der Waals surface area contributed by atoms with E-state index in [0.29, 0.717) is 0 Å². The van der Waals surface area contributed by atoms with Crippen molar-refractivity contribution in [2.24, 2.45) is 0 Å². The van der Waals surface area contributed by atoms with Gasteiger partial charge >= 0.3 is 16.5 Å². The normalized spacial score (nSPS) is 10.5. The molecule has 22 heavy (non-hydrogen) atoms. The molecule has 0 atom stereocenters. The minimum atomic E-state index is -0.298. The molecule has 0 bridgehead atoms. The molecule has 0 saturated carbocycles. The maximum absolute atomic E-state index is 12.3. The van der Waals surface area contributed by atoms with Crippen LogP contribution in [0.4, 0.5) is 0 Å². The predicted octanol–water partition coefficient (Wildman–Crippen LogP) is 4.25. The van der Waals surface area contributed by atoms with Crippen LogP contribution in [0.3, 0.4) is 0 Å². The molecule has 1 aromatic rings. The standard InChI is InChI=1S/C19H32O2.Ni/c1-4-7-10-13-17-16(12-9-6-3)15(11-8-5-2)14-18(20)19(17)21;/h14,20-21H,4-13H2,1-3H3;/q;+2/p-2. The monoisotopic (exact) mass is 348 g/mol. The molecular weight excluding hydrogens is 319 g/mol. The molecule has 0 unspecified atom stereocenters. The molecule has 0 radical (unpaired) electrons. The summed E-state index contributed by atoms with van der Waals surface area (Å²) < 4.78 is 0. The van der Waals surface area contributed by atoms with E-state index in [1.165, 1.54) is 5.56 Å². The van der Waals surface area contributed by atoms with Gasteiger partial charge in [0.05, 0.1) is 0 Å². The van der Waals surface area contributed by atoms with Crippen LogP contribution in [0.2, 0.25) is 0 Å². The van der Waals surface area contributed by atoms with Gasteiger partial charge in [-0.2, -0.15) is 0 Å². The van der Waals surface area contributed by atoms with Gasteiger partial charge in [0.1, 0.15) is 0 Å². The summed E-state index contributed by atoms with van der Waals surface area (Å²) >= 11 is 0. The molecule has 128 valence electrons. The molecule has 0 aliphatic rings. The molecule has 0 aliphatic heterocycles. The molecular formula is C19H30NiO2. The van der Waals surface area contributed by atoms with Crippen molar-refractivity contribution in [1.29, 1.82) is 0 Å². The predicted molar refractivity (Wildman–Crippen MR) is 85.8 cm³/mol. The van der Waals surface area contributed by atoms with E-state index >= 15 is 0 Å². The molecule has 3 heteroatoms. The molecule has 0 spiro atoms. The van der Waals surface area contributed by atoms with Gasteiger partial charge in [-0.25, -0.2) is 0 Å². The van der Waals surface area contributed by atoms with Crippen molar-refractivity contribution in [2.75, 3.05) is 0 Å². The fraction of sp³-hybridized carbons (Fsp3) is 0.684. The van der Waals surface area contributed by atoms with Gasteiger partial charge in [0.15, 0.2) is 0 Å². The Morgan fingerprint density at radius 1 is 0.727 bits per heavy atom. The Morgan fingerprint density at radius 3 is 1.86 bits per heavy atom. The van der Waals surface area contributed by atoms with E-state index in [2.05, 4.69) is 20.8 Å². The molecule has 2 nitrogen and oxygen atoms in total. The third-order valence-electron chi connectivity index (χ3n) is 4.17. The van der Waals surface area contributed by atoms with Crippen molar-refractivity contribution in [3.63, 3.8) is 0 Å². The van der Waals surface area contributed by atoms with Gasteiger partial charge in [0, 0.05) is 0 Å². The SMILES string of the molecule is CCCCCc1c([O-])c([O-])cc(CCCC)c1CCCC.[Ni+2]. The van der Waals surface area contributed by atoms with E-state index in [9.17, 15) is 10.2 Å². The summed E-state index contributed by atoms with van der Waals surface area (Å²) in [6.07, 6.45) is 10.4. The van der Waals surface area contributed by atoms with Gasteiger partial charge in [-0.05, 0) is 49.7 Å². The van der Waals surface area contributed by atoms with Crippen LogP contribution in [0.25, 0.3) is 0 Å². The molecule has 0 amide bonds. The summed E-state index contributed by atoms with van der Waals surface area (Å²) in [5, 5.41) is 24.2. The van der Waals surface area contributed by atoms with Gasteiger partial charge in [0.25, 0.3) is 0 Å². The number of aryl methyl sites for hydroxylation is 1. The molecule has 0 fully saturated rings. The molecule has 1 rings (SSSR count). The maximum Gasteiger partial charge on any atom is 2.00 e. The van der Waals surface area contributed by atoms with E-state index in [1.54, 1.807) is 6.07 Å². The molecule has 0 aromatic heterocycles. The fourth-order valence-electron chi connectivity index (χ4n) is 2.86. The summed E-state index contributed by atoms with van der Waals surface area (Å²) in [4.78, 5) is 0. The minimum absolute atomic E-state index is 0. The van der Waals surface area contributed by atoms with Crippen LogP contribution >= 0.6 is 0 Å². The summed E-state index contributed by atoms with van der Waals surface area (Å²) in [6, 6.07) is 1.62. The largest absolute Gasteiger partial charge is 2.00 e. The number of hydrogen-bond donors (Lipinski definition) is 0. The second-order valence-electron chi connectivity index (χ2n) is 5.98. The number of unbranched alkanes of at least 4 members (excludes halogenated alkanes) is 4. The Hall–Kier alpha value is -0.686. The summed E-state index contributed by atoms with van der Waals surface area (Å²) in [5.41, 5.74) is 3.17. The van der Waals surface area contributed by atoms with Crippen molar-refractivity contribution in [3.05, 3.63) is 22.8 Å². The van der Waals surface area contributed by atoms with E-state index < -0.39 is 0 Å². The zero-order chi connectivity index (χ0) is 15.7. The summed E-state index contributed by atoms with van der Waals surface area (Å²) in [6.45, 7) is 6.49. The van der Waals surface area contributed by atoms with E-state index in [1.807, 2.05) is 0 Å². The smallest absolute Gasteiger partial charge is 0.873 e. The minimum Gasteiger partial charge on any atom is -0.873 e. The first-order valence-electron chi connectivity index (χ1n) is 8.67. The van der Waals surface area contributed by atoms with Crippen molar-refractivity contribution >= 4 is 0 Å². The van der Waals surface area contributed by atoms with Gasteiger partial charge in [-0.3, -0.25) is 0 Å². The Labute approximate surface area is 146 Å². The summed E-state index contributed by atoms with van der Waals surface area (Å²) in [7, 11) is 0. The third kappa shape index (κ3) is 6.20. The van der Waals surface area contributed by atoms with Gasteiger partial charge < -0.3 is 10.2 Å². The van der Waals surface area contributed by atoms with Crippen molar-refractivity contribution in [3.8, 4) is 11.5 Å². The zero-order valence-corrected chi connectivity index (χ0v) is 15.3. The van der Waals surface area contributed by atoms with E-state index in [0.717, 1.165) is 75.3 Å². The zero-order valence-electron chi connectivity index (χ0n) is 14.3. The van der Waals surface area contributed by atoms with Crippen LogP contribution in [0.1, 0.15) is 82.4 Å². The van der Waals surface area contributed by atoms with Gasteiger partial charge in [-0.1, -0.05) is 58.1 Å². The molecule has 1 aromatic carbocycles. The van der Waals surface area contributed by atoms with Crippen LogP contribution < -0.4 is 10.2 Å². The molecule has 0 saturated heterocycles. The Bertz CT molecular complexity index is 430. The average molecular weight is 349 g/mol. The second kappa shape index (κ2) is 11.8. The molecule has 0 heterocycles. The van der Waals surface area contributed by atoms with Crippen molar-refractivity contribution in [2.45, 2.75) is 85.0 Å². The molecule has 0 aliphatic carbocycles. The van der Waals surface area contributed by atoms with E-state index in [4.69, 9.17) is 0 Å². The van der Waals surface area contributed by atoms with E-state index in [-0.39, 0.29) is 28.0 Å². The van der Waals surface area contributed by atoms with Crippen LogP contribution in [-0.4, -0.2) is 0 Å². The fourth-order valence-corrected chi connectivity index (χ4v) is 2.86. The van der Waals surface area contributed by atoms with Gasteiger partial charge in [0.2, 0.25) is 0 Å². The van der Waals surface area contributed by atoms with Crippen LogP contribution in [0, 0.1) is 0 Å². The first kappa shape index (κ1) is 21.3. The maximum atomic E-state index is 12.3. The number of rotatable bonds is 10. The second-order valence-corrected chi connectivity index (χ2v) is 5.98. The Morgan fingerprint density at radius 2 is 1.27 bits per heavy atom. The van der Waals surface area contributed by atoms with Crippen LogP contribution in [-0.2, 0) is 35.8 Å². The topological polar surface area (TPSA) is 46.1 Å².